The maximum atomic E-state index is 11.4. The van der Waals surface area contributed by atoms with E-state index >= 15 is 0 Å². The Balaban J connectivity index is 2.20. The van der Waals surface area contributed by atoms with E-state index in [1.165, 1.54) is 7.11 Å². The second kappa shape index (κ2) is 5.58. The Morgan fingerprint density at radius 2 is 2.20 bits per heavy atom. The van der Waals surface area contributed by atoms with Gasteiger partial charge in [0.05, 0.1) is 18.6 Å². The van der Waals surface area contributed by atoms with Crippen molar-refractivity contribution in [2.45, 2.75) is 12.5 Å². The number of sulfone groups is 1. The Morgan fingerprint density at radius 3 is 2.75 bits per heavy atom. The van der Waals surface area contributed by atoms with Crippen LogP contribution < -0.4 is 15.2 Å². The summed E-state index contributed by atoms with van der Waals surface area (Å²) in [6, 6.07) is 4.78. The van der Waals surface area contributed by atoms with Crippen molar-refractivity contribution < 1.29 is 23.1 Å². The third-order valence-electron chi connectivity index (χ3n) is 3.05. The average molecular weight is 300 g/mol. The summed E-state index contributed by atoms with van der Waals surface area (Å²) in [6.45, 7) is 0. The molecule has 8 heteroatoms. The fraction of sp³-hybridized carbons (Fsp3) is 0.417. The van der Waals surface area contributed by atoms with E-state index in [0.29, 0.717) is 23.5 Å². The molecule has 1 aromatic carbocycles. The first-order chi connectivity index (χ1) is 9.45. The van der Waals surface area contributed by atoms with Gasteiger partial charge in [0.15, 0.2) is 27.2 Å². The van der Waals surface area contributed by atoms with Crippen molar-refractivity contribution >= 4 is 15.7 Å². The van der Waals surface area contributed by atoms with Crippen LogP contribution in [0.4, 0.5) is 0 Å². The lowest BCUT2D eigenvalue weighted by Gasteiger charge is -2.15. The summed E-state index contributed by atoms with van der Waals surface area (Å²) in [5, 5.41) is 11.5. The highest BCUT2D eigenvalue weighted by Gasteiger charge is 2.30. The Bertz CT molecular complexity index is 627. The highest BCUT2D eigenvalue weighted by molar-refractivity contribution is 7.91. The van der Waals surface area contributed by atoms with Crippen molar-refractivity contribution in [3.05, 3.63) is 23.8 Å². The van der Waals surface area contributed by atoms with E-state index in [9.17, 15) is 8.42 Å². The molecule has 1 unspecified atom stereocenters. The van der Waals surface area contributed by atoms with Crippen molar-refractivity contribution in [2.75, 3.05) is 18.6 Å². The molecular weight excluding hydrogens is 284 g/mol. The maximum Gasteiger partial charge on any atom is 0.170 e. The minimum atomic E-state index is -3.00. The molecule has 0 saturated carbocycles. The van der Waals surface area contributed by atoms with Crippen LogP contribution in [0.3, 0.4) is 0 Å². The summed E-state index contributed by atoms with van der Waals surface area (Å²) >= 11 is 0. The van der Waals surface area contributed by atoms with Crippen LogP contribution in [0.15, 0.2) is 23.4 Å². The van der Waals surface area contributed by atoms with Gasteiger partial charge in [0.2, 0.25) is 0 Å². The molecular formula is C12H16N2O5S. The summed E-state index contributed by atoms with van der Waals surface area (Å²) in [4.78, 5) is 0. The summed E-state index contributed by atoms with van der Waals surface area (Å²) in [5.41, 5.74) is 5.97. The lowest BCUT2D eigenvalue weighted by molar-refractivity contribution is 0.218. The Labute approximate surface area is 116 Å². The summed E-state index contributed by atoms with van der Waals surface area (Å²) in [5.74, 6) is 0.945. The highest BCUT2D eigenvalue weighted by Crippen LogP contribution is 2.30. The van der Waals surface area contributed by atoms with Crippen LogP contribution in [0.1, 0.15) is 12.0 Å². The molecule has 1 heterocycles. The zero-order valence-corrected chi connectivity index (χ0v) is 11.8. The molecule has 1 fully saturated rings. The molecule has 1 aromatic rings. The van der Waals surface area contributed by atoms with Crippen molar-refractivity contribution in [1.29, 1.82) is 0 Å². The largest absolute Gasteiger partial charge is 0.493 e. The average Bonchev–Trinajstić information content (AvgIpc) is 2.77. The number of rotatable bonds is 4. The van der Waals surface area contributed by atoms with Gasteiger partial charge in [-0.3, -0.25) is 0 Å². The monoisotopic (exact) mass is 300 g/mol. The van der Waals surface area contributed by atoms with Gasteiger partial charge in [-0.25, -0.2) is 8.42 Å². The highest BCUT2D eigenvalue weighted by atomic mass is 32.2. The molecule has 0 radical (unpaired) electrons. The lowest BCUT2D eigenvalue weighted by atomic mass is 10.2. The first-order valence-corrected chi connectivity index (χ1v) is 7.80. The van der Waals surface area contributed by atoms with Crippen molar-refractivity contribution in [3.63, 3.8) is 0 Å². The first-order valence-electron chi connectivity index (χ1n) is 5.98. The van der Waals surface area contributed by atoms with Crippen molar-refractivity contribution in [1.82, 2.24) is 0 Å². The van der Waals surface area contributed by atoms with Crippen molar-refractivity contribution in [2.24, 2.45) is 10.9 Å². The van der Waals surface area contributed by atoms with Crippen LogP contribution in [0.25, 0.3) is 0 Å². The molecule has 7 nitrogen and oxygen atoms in total. The SMILES string of the molecule is COc1cc(/C(N)=N/O)ccc1OC1CCS(=O)(=O)C1. The van der Waals surface area contributed by atoms with Gasteiger partial charge in [0, 0.05) is 5.56 Å². The Morgan fingerprint density at radius 1 is 1.45 bits per heavy atom. The molecule has 0 aliphatic carbocycles. The van der Waals surface area contributed by atoms with Gasteiger partial charge in [-0.05, 0) is 24.6 Å². The molecule has 3 N–H and O–H groups in total. The maximum absolute atomic E-state index is 11.4. The number of nitrogens with zero attached hydrogens (tertiary/aromatic N) is 1. The second-order valence-corrected chi connectivity index (χ2v) is 6.72. The number of methoxy groups -OCH3 is 1. The normalized spacial score (nSPS) is 21.6. The number of amidine groups is 1. The van der Waals surface area contributed by atoms with Gasteiger partial charge < -0.3 is 20.4 Å². The Kier molecular flexibility index (Phi) is 4.03. The standard InChI is InChI=1S/C12H16N2O5S/c1-18-11-6-8(12(13)14-15)2-3-10(11)19-9-4-5-20(16,17)7-9/h2-3,6,9,15H,4-5,7H2,1H3,(H2,13,14). The van der Waals surface area contributed by atoms with Crippen LogP contribution in [0, 0.1) is 0 Å². The predicted molar refractivity (Wildman–Crippen MR) is 73.2 cm³/mol. The third kappa shape index (κ3) is 3.13. The predicted octanol–water partition coefficient (Wildman–Crippen LogP) is 0.356. The third-order valence-corrected chi connectivity index (χ3v) is 4.79. The zero-order valence-electron chi connectivity index (χ0n) is 10.9. The minimum absolute atomic E-state index is 0.0120. The topological polar surface area (TPSA) is 111 Å². The Hall–Kier alpha value is -1.96. The van der Waals surface area contributed by atoms with Crippen molar-refractivity contribution in [3.8, 4) is 11.5 Å². The zero-order chi connectivity index (χ0) is 14.8. The quantitative estimate of drug-likeness (QED) is 0.359. The van der Waals surface area contributed by atoms with E-state index in [-0.39, 0.29) is 23.4 Å². The molecule has 110 valence electrons. The summed E-state index contributed by atoms with van der Waals surface area (Å²) in [6.07, 6.45) is 0.0941. The van der Waals surface area contributed by atoms with Gasteiger partial charge in [-0.2, -0.15) is 0 Å². The van der Waals surface area contributed by atoms with Crippen LogP contribution in [0.5, 0.6) is 11.5 Å². The second-order valence-electron chi connectivity index (χ2n) is 4.49. The van der Waals surface area contributed by atoms with E-state index in [1.54, 1.807) is 18.2 Å². The summed E-state index contributed by atoms with van der Waals surface area (Å²) < 4.78 is 33.6. The number of oxime groups is 1. The van der Waals surface area contributed by atoms with E-state index in [4.69, 9.17) is 20.4 Å². The number of benzene rings is 1. The van der Waals surface area contributed by atoms with Gasteiger partial charge in [0.25, 0.3) is 0 Å². The molecule has 1 aliphatic rings. The molecule has 0 bridgehead atoms. The first kappa shape index (κ1) is 14.4. The fourth-order valence-electron chi connectivity index (χ4n) is 2.02. The molecule has 0 aromatic heterocycles. The van der Waals surface area contributed by atoms with Gasteiger partial charge in [0.1, 0.15) is 6.10 Å². The lowest BCUT2D eigenvalue weighted by Crippen LogP contribution is -2.18. The summed E-state index contributed by atoms with van der Waals surface area (Å²) in [7, 11) is -1.54. The molecule has 1 saturated heterocycles. The van der Waals surface area contributed by atoms with Gasteiger partial charge in [-0.1, -0.05) is 5.16 Å². The number of ether oxygens (including phenoxy) is 2. The van der Waals surface area contributed by atoms with Crippen LogP contribution in [0.2, 0.25) is 0 Å². The minimum Gasteiger partial charge on any atom is -0.493 e. The van der Waals surface area contributed by atoms with Gasteiger partial charge >= 0.3 is 0 Å². The number of nitrogens with two attached hydrogens (primary N) is 1. The molecule has 20 heavy (non-hydrogen) atoms. The molecule has 0 spiro atoms. The smallest absolute Gasteiger partial charge is 0.170 e. The molecule has 1 atom stereocenters. The van der Waals surface area contributed by atoms with Crippen LogP contribution in [-0.4, -0.2) is 44.2 Å². The molecule has 1 aliphatic heterocycles. The van der Waals surface area contributed by atoms with Crippen LogP contribution in [-0.2, 0) is 9.84 Å². The number of hydrogen-bond acceptors (Lipinski definition) is 6. The molecule has 2 rings (SSSR count). The van der Waals surface area contributed by atoms with E-state index in [1.807, 2.05) is 0 Å². The fourth-order valence-corrected chi connectivity index (χ4v) is 3.61. The van der Waals surface area contributed by atoms with Gasteiger partial charge in [-0.15, -0.1) is 0 Å². The number of hydrogen-bond donors (Lipinski definition) is 2. The molecule has 0 amide bonds. The van der Waals surface area contributed by atoms with E-state index in [2.05, 4.69) is 5.16 Å². The van der Waals surface area contributed by atoms with Crippen LogP contribution >= 0.6 is 0 Å². The van der Waals surface area contributed by atoms with E-state index in [0.717, 1.165) is 0 Å². The van der Waals surface area contributed by atoms with E-state index < -0.39 is 9.84 Å².